The molecule has 3 aliphatic rings. The summed E-state index contributed by atoms with van der Waals surface area (Å²) in [6.07, 6.45) is 5.18. The third-order valence-electron chi connectivity index (χ3n) is 7.81. The average Bonchev–Trinajstić information content (AvgIpc) is 3.30. The molecule has 1 aliphatic carbocycles. The maximum atomic E-state index is 13.9. The molecule has 204 valence electrons. The van der Waals surface area contributed by atoms with Gasteiger partial charge in [0.05, 0.1) is 27.2 Å². The standard InChI is InChI=1S/C32H35NO6/c1-6-39-32(35)30-29(23-13-9-11-20-10-7-8-12-22(20)23)25(14-15-28(34)38-5)33-19(2)16-21-17-26(36-3)27(37-4)18-24(21)31(30)33/h7-13,17-19,26,30H,6,14-16H2,1-5H3. The number of carbonyl (C=O) groups excluding carboxylic acids is 2. The fourth-order valence-electron chi connectivity index (χ4n) is 6.17. The predicted molar refractivity (Wildman–Crippen MR) is 149 cm³/mol. The van der Waals surface area contributed by atoms with Gasteiger partial charge in [0.25, 0.3) is 0 Å². The van der Waals surface area contributed by atoms with Crippen LogP contribution in [-0.4, -0.2) is 56.9 Å². The van der Waals surface area contributed by atoms with Crippen LogP contribution in [0.5, 0.6) is 0 Å². The van der Waals surface area contributed by atoms with E-state index in [1.165, 1.54) is 7.11 Å². The second kappa shape index (κ2) is 11.1. The molecule has 3 atom stereocenters. The molecular formula is C32H35NO6. The molecule has 2 aliphatic heterocycles. The van der Waals surface area contributed by atoms with Crippen molar-refractivity contribution in [3.63, 3.8) is 0 Å². The van der Waals surface area contributed by atoms with Crippen LogP contribution in [0.2, 0.25) is 0 Å². The largest absolute Gasteiger partial charge is 0.498 e. The lowest BCUT2D eigenvalue weighted by Crippen LogP contribution is -2.38. The minimum absolute atomic E-state index is 0.0436. The summed E-state index contributed by atoms with van der Waals surface area (Å²) in [7, 11) is 4.69. The number of carbonyl (C=O) groups is 2. The zero-order valence-electron chi connectivity index (χ0n) is 23.2. The number of hydrogen-bond donors (Lipinski definition) is 0. The topological polar surface area (TPSA) is 74.3 Å². The monoisotopic (exact) mass is 529 g/mol. The van der Waals surface area contributed by atoms with E-state index >= 15 is 0 Å². The smallest absolute Gasteiger partial charge is 0.319 e. The van der Waals surface area contributed by atoms with Crippen LogP contribution in [0.1, 0.15) is 38.7 Å². The van der Waals surface area contributed by atoms with Crippen molar-refractivity contribution in [3.05, 3.63) is 88.5 Å². The summed E-state index contributed by atoms with van der Waals surface area (Å²) in [5.74, 6) is -0.592. The summed E-state index contributed by atoms with van der Waals surface area (Å²) < 4.78 is 22.1. The molecule has 7 heteroatoms. The van der Waals surface area contributed by atoms with Crippen molar-refractivity contribution in [2.75, 3.05) is 27.9 Å². The Kier molecular flexibility index (Phi) is 7.62. The third kappa shape index (κ3) is 4.65. The van der Waals surface area contributed by atoms with Gasteiger partial charge in [0, 0.05) is 30.1 Å². The number of benzene rings is 2. The maximum Gasteiger partial charge on any atom is 0.319 e. The number of fused-ring (bicyclic) bond motifs is 3. The number of allylic oxidation sites excluding steroid dienone is 3. The van der Waals surface area contributed by atoms with E-state index in [2.05, 4.69) is 42.2 Å². The van der Waals surface area contributed by atoms with Crippen LogP contribution in [0.15, 0.2) is 82.9 Å². The Morgan fingerprint density at radius 3 is 2.54 bits per heavy atom. The number of methoxy groups -OCH3 is 3. The van der Waals surface area contributed by atoms with E-state index in [1.54, 1.807) is 14.2 Å². The number of hydrogen-bond acceptors (Lipinski definition) is 7. The second-order valence-corrected chi connectivity index (χ2v) is 9.97. The molecule has 2 aromatic carbocycles. The van der Waals surface area contributed by atoms with E-state index in [9.17, 15) is 9.59 Å². The summed E-state index contributed by atoms with van der Waals surface area (Å²) in [6.45, 7) is 4.24. The van der Waals surface area contributed by atoms with Gasteiger partial charge in [-0.25, -0.2) is 0 Å². The van der Waals surface area contributed by atoms with Crippen LogP contribution in [0.3, 0.4) is 0 Å². The van der Waals surface area contributed by atoms with Gasteiger partial charge in [0.1, 0.15) is 17.8 Å². The first-order chi connectivity index (χ1) is 18.9. The molecule has 2 heterocycles. The highest BCUT2D eigenvalue weighted by Crippen LogP contribution is 2.53. The summed E-state index contributed by atoms with van der Waals surface area (Å²) in [6, 6.07) is 14.4. The first-order valence-corrected chi connectivity index (χ1v) is 13.4. The van der Waals surface area contributed by atoms with Crippen molar-refractivity contribution in [2.45, 2.75) is 45.3 Å². The fraction of sp³-hybridized carbons (Fsp3) is 0.375. The van der Waals surface area contributed by atoms with Crippen LogP contribution in [0.25, 0.3) is 16.3 Å². The Bertz CT molecular complexity index is 1430. The Balaban J connectivity index is 1.81. The number of esters is 2. The molecule has 0 N–H and O–H groups in total. The molecule has 0 saturated carbocycles. The van der Waals surface area contributed by atoms with Crippen LogP contribution < -0.4 is 0 Å². The fourth-order valence-corrected chi connectivity index (χ4v) is 6.17. The van der Waals surface area contributed by atoms with Gasteiger partial charge < -0.3 is 23.8 Å². The van der Waals surface area contributed by atoms with Crippen molar-refractivity contribution >= 4 is 28.3 Å². The molecule has 0 saturated heterocycles. The molecule has 0 radical (unpaired) electrons. The van der Waals surface area contributed by atoms with Gasteiger partial charge in [-0.3, -0.25) is 9.59 Å². The minimum atomic E-state index is -0.669. The molecule has 5 rings (SSSR count). The Hall–Kier alpha value is -3.84. The lowest BCUT2D eigenvalue weighted by Gasteiger charge is -2.40. The average molecular weight is 530 g/mol. The quantitative estimate of drug-likeness (QED) is 0.416. The van der Waals surface area contributed by atoms with Crippen LogP contribution in [-0.2, 0) is 28.5 Å². The van der Waals surface area contributed by atoms with Gasteiger partial charge in [-0.15, -0.1) is 0 Å². The van der Waals surface area contributed by atoms with E-state index in [-0.39, 0.29) is 37.1 Å². The van der Waals surface area contributed by atoms with Crippen LogP contribution in [0.4, 0.5) is 0 Å². The van der Waals surface area contributed by atoms with Crippen LogP contribution in [0, 0.1) is 5.92 Å². The summed E-state index contributed by atoms with van der Waals surface area (Å²) >= 11 is 0. The third-order valence-corrected chi connectivity index (χ3v) is 7.81. The molecule has 0 fully saturated rings. The molecular weight excluding hydrogens is 494 g/mol. The Labute approximate surface area is 229 Å². The van der Waals surface area contributed by atoms with E-state index in [0.29, 0.717) is 12.2 Å². The summed E-state index contributed by atoms with van der Waals surface area (Å²) in [5.41, 5.74) is 5.72. The van der Waals surface area contributed by atoms with Crippen LogP contribution >= 0.6 is 0 Å². The maximum absolute atomic E-state index is 13.9. The molecule has 7 nitrogen and oxygen atoms in total. The van der Waals surface area contributed by atoms with Gasteiger partial charge in [-0.2, -0.15) is 0 Å². The van der Waals surface area contributed by atoms with Gasteiger partial charge in [-0.05, 0) is 66.3 Å². The number of nitrogens with zero attached hydrogens (tertiary/aromatic N) is 1. The van der Waals surface area contributed by atoms with Crippen molar-refractivity contribution < 1.29 is 28.5 Å². The first-order valence-electron chi connectivity index (χ1n) is 13.4. The van der Waals surface area contributed by atoms with Crippen molar-refractivity contribution in [1.82, 2.24) is 4.90 Å². The summed E-state index contributed by atoms with van der Waals surface area (Å²) in [4.78, 5) is 28.5. The molecule has 39 heavy (non-hydrogen) atoms. The first kappa shape index (κ1) is 26.8. The normalized spacial score (nSPS) is 22.3. The van der Waals surface area contributed by atoms with Gasteiger partial charge in [0.2, 0.25) is 0 Å². The van der Waals surface area contributed by atoms with Gasteiger partial charge >= 0.3 is 11.9 Å². The number of ether oxygens (including phenoxy) is 4. The van der Waals surface area contributed by atoms with E-state index in [4.69, 9.17) is 18.9 Å². The molecule has 0 spiro atoms. The lowest BCUT2D eigenvalue weighted by molar-refractivity contribution is -0.145. The lowest BCUT2D eigenvalue weighted by atomic mass is 9.81. The molecule has 0 bridgehead atoms. The molecule has 0 aromatic heterocycles. The highest BCUT2D eigenvalue weighted by atomic mass is 16.5. The Morgan fingerprint density at radius 2 is 1.82 bits per heavy atom. The van der Waals surface area contributed by atoms with E-state index < -0.39 is 5.92 Å². The Morgan fingerprint density at radius 1 is 1.05 bits per heavy atom. The summed E-state index contributed by atoms with van der Waals surface area (Å²) in [5, 5.41) is 2.13. The minimum Gasteiger partial charge on any atom is -0.498 e. The molecule has 3 unspecified atom stereocenters. The molecule has 2 aromatic rings. The van der Waals surface area contributed by atoms with Gasteiger partial charge in [-0.1, -0.05) is 42.5 Å². The van der Waals surface area contributed by atoms with E-state index in [0.717, 1.165) is 50.9 Å². The van der Waals surface area contributed by atoms with Crippen molar-refractivity contribution in [3.8, 4) is 0 Å². The second-order valence-electron chi connectivity index (χ2n) is 9.97. The highest BCUT2D eigenvalue weighted by Gasteiger charge is 2.48. The highest BCUT2D eigenvalue weighted by molar-refractivity contribution is 6.03. The van der Waals surface area contributed by atoms with Crippen molar-refractivity contribution in [1.29, 1.82) is 0 Å². The SMILES string of the molecule is CCOC(=O)C1C(c2cccc3ccccc23)=C(CCC(=O)OC)N2C1=C1C=C(OC)C(OC)C=C1CC2C. The molecule has 0 amide bonds. The number of rotatable bonds is 8. The predicted octanol–water partition coefficient (Wildman–Crippen LogP) is 5.53. The van der Waals surface area contributed by atoms with Crippen molar-refractivity contribution in [2.24, 2.45) is 5.92 Å². The zero-order chi connectivity index (χ0) is 27.7. The zero-order valence-corrected chi connectivity index (χ0v) is 23.2. The van der Waals surface area contributed by atoms with E-state index in [1.807, 2.05) is 31.2 Å². The van der Waals surface area contributed by atoms with Gasteiger partial charge in [0.15, 0.2) is 0 Å².